The molecule has 0 radical (unpaired) electrons. The molecule has 0 bridgehead atoms. The summed E-state index contributed by atoms with van der Waals surface area (Å²) in [4.78, 5) is 13.4. The van der Waals surface area contributed by atoms with Gasteiger partial charge in [-0.05, 0) is 24.8 Å². The van der Waals surface area contributed by atoms with Crippen molar-refractivity contribution < 1.29 is 5.11 Å². The zero-order valence-electron chi connectivity index (χ0n) is 8.29. The van der Waals surface area contributed by atoms with Gasteiger partial charge in [0.25, 0.3) is 0 Å². The maximum atomic E-state index is 10.8. The van der Waals surface area contributed by atoms with Crippen molar-refractivity contribution in [3.8, 4) is 0 Å². The van der Waals surface area contributed by atoms with Crippen molar-refractivity contribution >= 4 is 0 Å². The van der Waals surface area contributed by atoms with Gasteiger partial charge in [-0.25, -0.2) is 0 Å². The maximum absolute atomic E-state index is 10.8. The Bertz CT molecular complexity index is 365. The molecule has 1 aromatic heterocycles. The van der Waals surface area contributed by atoms with Gasteiger partial charge in [0.1, 0.15) is 0 Å². The third-order valence-corrected chi connectivity index (χ3v) is 2.99. The molecule has 76 valence electrons. The van der Waals surface area contributed by atoms with Gasteiger partial charge in [0.05, 0.1) is 5.60 Å². The number of rotatable bonds is 3. The first-order valence-electron chi connectivity index (χ1n) is 5.08. The summed E-state index contributed by atoms with van der Waals surface area (Å²) in [6.07, 6.45) is 4.59. The van der Waals surface area contributed by atoms with Crippen molar-refractivity contribution in [2.24, 2.45) is 5.92 Å². The van der Waals surface area contributed by atoms with Gasteiger partial charge >= 0.3 is 0 Å². The second-order valence-corrected chi connectivity index (χ2v) is 4.06. The van der Waals surface area contributed by atoms with E-state index in [0.717, 1.165) is 24.8 Å². The van der Waals surface area contributed by atoms with E-state index in [9.17, 15) is 9.90 Å². The van der Waals surface area contributed by atoms with Crippen LogP contribution in [-0.4, -0.2) is 10.1 Å². The van der Waals surface area contributed by atoms with Gasteiger partial charge < -0.3 is 10.1 Å². The third kappa shape index (κ3) is 1.48. The van der Waals surface area contributed by atoms with Gasteiger partial charge in [-0.15, -0.1) is 0 Å². The number of aromatic amines is 1. The Labute approximate surface area is 82.8 Å². The minimum atomic E-state index is -0.666. The summed E-state index contributed by atoms with van der Waals surface area (Å²) in [6, 6.07) is 3.18. The fourth-order valence-electron chi connectivity index (χ4n) is 2.04. The standard InChI is InChI=1S/C11H15NO2/c1-2-3-8-6-11(8,14)9-4-5-10(13)12-7-9/h4-5,7-8,14H,2-3,6H2,1H3,(H,12,13). The molecule has 3 nitrogen and oxygen atoms in total. The van der Waals surface area contributed by atoms with Crippen molar-refractivity contribution in [2.45, 2.75) is 31.8 Å². The average Bonchev–Trinajstić information content (AvgIpc) is 2.80. The molecule has 1 heterocycles. The van der Waals surface area contributed by atoms with E-state index in [2.05, 4.69) is 11.9 Å². The fraction of sp³-hybridized carbons (Fsp3) is 0.545. The van der Waals surface area contributed by atoms with E-state index in [0.29, 0.717) is 5.92 Å². The molecule has 0 aliphatic heterocycles. The normalized spacial score (nSPS) is 30.3. The molecule has 0 saturated heterocycles. The quantitative estimate of drug-likeness (QED) is 0.762. The molecular formula is C11H15NO2. The molecule has 3 heteroatoms. The van der Waals surface area contributed by atoms with Crippen LogP contribution >= 0.6 is 0 Å². The molecule has 1 aliphatic carbocycles. The first-order chi connectivity index (χ1) is 6.66. The SMILES string of the molecule is CCCC1CC1(O)c1ccc(=O)[nH]c1. The van der Waals surface area contributed by atoms with E-state index in [1.807, 2.05) is 0 Å². The lowest BCUT2D eigenvalue weighted by molar-refractivity contribution is 0.128. The van der Waals surface area contributed by atoms with Gasteiger partial charge in [-0.3, -0.25) is 4.79 Å². The first kappa shape index (κ1) is 9.46. The molecule has 0 amide bonds. The second-order valence-electron chi connectivity index (χ2n) is 4.06. The zero-order valence-corrected chi connectivity index (χ0v) is 8.29. The van der Waals surface area contributed by atoms with Crippen molar-refractivity contribution in [1.29, 1.82) is 0 Å². The van der Waals surface area contributed by atoms with Crippen LogP contribution in [0.5, 0.6) is 0 Å². The Morgan fingerprint density at radius 1 is 1.64 bits per heavy atom. The average molecular weight is 193 g/mol. The van der Waals surface area contributed by atoms with E-state index in [4.69, 9.17) is 0 Å². The van der Waals surface area contributed by atoms with Crippen molar-refractivity contribution in [2.75, 3.05) is 0 Å². The van der Waals surface area contributed by atoms with E-state index in [1.54, 1.807) is 12.3 Å². The minimum absolute atomic E-state index is 0.120. The van der Waals surface area contributed by atoms with Crippen LogP contribution < -0.4 is 5.56 Å². The van der Waals surface area contributed by atoms with Crippen LogP contribution in [-0.2, 0) is 5.60 Å². The Morgan fingerprint density at radius 3 is 3.00 bits per heavy atom. The summed E-state index contributed by atoms with van der Waals surface area (Å²) in [6.45, 7) is 2.12. The fourth-order valence-corrected chi connectivity index (χ4v) is 2.04. The minimum Gasteiger partial charge on any atom is -0.385 e. The number of aromatic nitrogens is 1. The first-order valence-corrected chi connectivity index (χ1v) is 5.08. The number of pyridine rings is 1. The molecule has 1 aromatic rings. The summed E-state index contributed by atoms with van der Waals surface area (Å²) in [5.74, 6) is 0.374. The lowest BCUT2D eigenvalue weighted by Crippen LogP contribution is -2.12. The number of H-pyrrole nitrogens is 1. The summed E-state index contributed by atoms with van der Waals surface area (Å²) >= 11 is 0. The number of nitrogens with one attached hydrogen (secondary N) is 1. The van der Waals surface area contributed by atoms with Gasteiger partial charge in [-0.1, -0.05) is 13.3 Å². The van der Waals surface area contributed by atoms with E-state index in [1.165, 1.54) is 6.07 Å². The number of aliphatic hydroxyl groups is 1. The lowest BCUT2D eigenvalue weighted by atomic mass is 10.1. The molecule has 1 aliphatic rings. The van der Waals surface area contributed by atoms with Crippen LogP contribution in [0, 0.1) is 5.92 Å². The van der Waals surface area contributed by atoms with Gasteiger partial charge in [-0.2, -0.15) is 0 Å². The summed E-state index contributed by atoms with van der Waals surface area (Å²) in [5.41, 5.74) is 0.0563. The monoisotopic (exact) mass is 193 g/mol. The highest BCUT2D eigenvalue weighted by Crippen LogP contribution is 2.53. The molecule has 2 atom stereocenters. The van der Waals surface area contributed by atoms with Crippen LogP contribution in [0.4, 0.5) is 0 Å². The molecular weight excluding hydrogens is 178 g/mol. The Kier molecular flexibility index (Phi) is 2.19. The largest absolute Gasteiger partial charge is 0.385 e. The Balaban J connectivity index is 2.17. The molecule has 2 N–H and O–H groups in total. The van der Waals surface area contributed by atoms with Crippen molar-refractivity contribution in [1.82, 2.24) is 4.98 Å². The zero-order chi connectivity index (χ0) is 10.2. The summed E-state index contributed by atoms with van der Waals surface area (Å²) < 4.78 is 0. The van der Waals surface area contributed by atoms with Crippen LogP contribution in [0.25, 0.3) is 0 Å². The van der Waals surface area contributed by atoms with E-state index < -0.39 is 5.60 Å². The number of hydrogen-bond donors (Lipinski definition) is 2. The van der Waals surface area contributed by atoms with Crippen LogP contribution in [0.2, 0.25) is 0 Å². The highest BCUT2D eigenvalue weighted by Gasteiger charge is 2.53. The molecule has 1 fully saturated rings. The van der Waals surface area contributed by atoms with E-state index >= 15 is 0 Å². The maximum Gasteiger partial charge on any atom is 0.247 e. The van der Waals surface area contributed by atoms with Gasteiger partial charge in [0.15, 0.2) is 0 Å². The highest BCUT2D eigenvalue weighted by molar-refractivity contribution is 5.26. The molecule has 0 spiro atoms. The third-order valence-electron chi connectivity index (χ3n) is 2.99. The Hall–Kier alpha value is -1.09. The molecule has 14 heavy (non-hydrogen) atoms. The molecule has 2 unspecified atom stereocenters. The predicted molar refractivity (Wildman–Crippen MR) is 54.0 cm³/mol. The van der Waals surface area contributed by atoms with Crippen LogP contribution in [0.3, 0.4) is 0 Å². The lowest BCUT2D eigenvalue weighted by Gasteiger charge is -2.09. The summed E-state index contributed by atoms with van der Waals surface area (Å²) in [7, 11) is 0. The molecule has 0 aromatic carbocycles. The highest BCUT2D eigenvalue weighted by atomic mass is 16.3. The van der Waals surface area contributed by atoms with E-state index in [-0.39, 0.29) is 5.56 Å². The molecule has 1 saturated carbocycles. The predicted octanol–water partition coefficient (Wildman–Crippen LogP) is 1.38. The summed E-state index contributed by atoms with van der Waals surface area (Å²) in [5, 5.41) is 10.2. The van der Waals surface area contributed by atoms with Crippen LogP contribution in [0.1, 0.15) is 31.7 Å². The van der Waals surface area contributed by atoms with Crippen molar-refractivity contribution in [3.05, 3.63) is 34.2 Å². The smallest absolute Gasteiger partial charge is 0.247 e. The topological polar surface area (TPSA) is 53.1 Å². The van der Waals surface area contributed by atoms with Crippen molar-refractivity contribution in [3.63, 3.8) is 0 Å². The molecule has 2 rings (SSSR count). The second kappa shape index (κ2) is 3.24. The number of hydrogen-bond acceptors (Lipinski definition) is 2. The van der Waals surface area contributed by atoms with Gasteiger partial charge in [0, 0.05) is 17.8 Å². The Morgan fingerprint density at radius 2 is 2.43 bits per heavy atom. The van der Waals surface area contributed by atoms with Crippen LogP contribution in [0.15, 0.2) is 23.1 Å². The van der Waals surface area contributed by atoms with Gasteiger partial charge in [0.2, 0.25) is 5.56 Å².